The van der Waals surface area contributed by atoms with E-state index in [-0.39, 0.29) is 0 Å². The highest BCUT2D eigenvalue weighted by Gasteiger charge is 1.80. The van der Waals surface area contributed by atoms with E-state index in [2.05, 4.69) is 32.6 Å². The van der Waals surface area contributed by atoms with Gasteiger partial charge in [-0.3, -0.25) is 0 Å². The monoisotopic (exact) mass is 150 g/mol. The Hall–Kier alpha value is -0.780. The van der Waals surface area contributed by atoms with E-state index in [1.807, 2.05) is 13.0 Å². The Bertz CT molecular complexity index is 170. The molecule has 11 heavy (non-hydrogen) atoms. The Morgan fingerprint density at radius 2 is 1.91 bits per heavy atom. The first-order valence-electron chi connectivity index (χ1n) is 4.17. The van der Waals surface area contributed by atoms with E-state index in [1.54, 1.807) is 0 Å². The molecular weight excluding hydrogens is 132 g/mol. The van der Waals surface area contributed by atoms with Gasteiger partial charge in [0.15, 0.2) is 0 Å². The Morgan fingerprint density at radius 1 is 1.27 bits per heavy atom. The molecular formula is C11H18. The summed E-state index contributed by atoms with van der Waals surface area (Å²) in [7, 11) is 0. The van der Waals surface area contributed by atoms with Gasteiger partial charge in [-0.15, -0.1) is 0 Å². The van der Waals surface area contributed by atoms with Crippen molar-refractivity contribution in [1.82, 2.24) is 0 Å². The number of unbranched alkanes of at least 4 members (excludes halogenated alkanes) is 1. The zero-order valence-corrected chi connectivity index (χ0v) is 7.85. The molecule has 0 aliphatic rings. The molecule has 0 radical (unpaired) electrons. The van der Waals surface area contributed by atoms with Crippen molar-refractivity contribution in [1.29, 1.82) is 0 Å². The van der Waals surface area contributed by atoms with Crippen molar-refractivity contribution in [3.8, 4) is 0 Å². The van der Waals surface area contributed by atoms with Crippen LogP contribution in [0, 0.1) is 0 Å². The highest BCUT2D eigenvalue weighted by Crippen LogP contribution is 2.01. The molecule has 0 aromatic rings. The number of hydrogen-bond acceptors (Lipinski definition) is 0. The number of rotatable bonds is 4. The Morgan fingerprint density at radius 3 is 2.36 bits per heavy atom. The minimum atomic E-state index is 1.11. The maximum Gasteiger partial charge on any atom is -0.0348 e. The van der Waals surface area contributed by atoms with Crippen LogP contribution < -0.4 is 0 Å². The second-order valence-electron chi connectivity index (χ2n) is 2.92. The summed E-state index contributed by atoms with van der Waals surface area (Å²) in [6, 6.07) is 0. The van der Waals surface area contributed by atoms with Crippen LogP contribution in [0.2, 0.25) is 0 Å². The van der Waals surface area contributed by atoms with Crippen molar-refractivity contribution in [3.63, 3.8) is 0 Å². The van der Waals surface area contributed by atoms with Crippen LogP contribution in [0.15, 0.2) is 36.0 Å². The molecule has 0 spiro atoms. The maximum atomic E-state index is 3.79. The zero-order chi connectivity index (χ0) is 8.69. The fourth-order valence-corrected chi connectivity index (χ4v) is 0.714. The molecule has 0 nitrogen and oxygen atoms in total. The first kappa shape index (κ1) is 10.2. The van der Waals surface area contributed by atoms with Gasteiger partial charge in [0, 0.05) is 0 Å². The summed E-state index contributed by atoms with van der Waals surface area (Å²) in [5.41, 5.74) is 2.43. The lowest BCUT2D eigenvalue weighted by atomic mass is 10.2. The largest absolute Gasteiger partial charge is 0.0961 e. The van der Waals surface area contributed by atoms with E-state index >= 15 is 0 Å². The molecule has 0 aliphatic heterocycles. The smallest absolute Gasteiger partial charge is 0.0348 e. The van der Waals surface area contributed by atoms with Crippen LogP contribution in [-0.2, 0) is 0 Å². The van der Waals surface area contributed by atoms with E-state index in [9.17, 15) is 0 Å². The highest BCUT2D eigenvalue weighted by atomic mass is 13.9. The summed E-state index contributed by atoms with van der Waals surface area (Å²) in [4.78, 5) is 0. The first-order chi connectivity index (χ1) is 5.16. The normalized spacial score (nSPS) is 12.5. The molecule has 0 bridgehead atoms. The molecule has 62 valence electrons. The fourth-order valence-electron chi connectivity index (χ4n) is 0.714. The van der Waals surface area contributed by atoms with Gasteiger partial charge in [0.1, 0.15) is 0 Å². The molecule has 0 heterocycles. The molecule has 0 N–H and O–H groups in total. The molecule has 0 atom stereocenters. The summed E-state index contributed by atoms with van der Waals surface area (Å²) in [6.45, 7) is 10.1. The minimum Gasteiger partial charge on any atom is -0.0961 e. The summed E-state index contributed by atoms with van der Waals surface area (Å²) >= 11 is 0. The number of hydrogen-bond donors (Lipinski definition) is 0. The van der Waals surface area contributed by atoms with Crippen molar-refractivity contribution in [2.75, 3.05) is 0 Å². The van der Waals surface area contributed by atoms with Crippen molar-refractivity contribution in [2.45, 2.75) is 33.6 Å². The predicted molar refractivity (Wildman–Crippen MR) is 52.6 cm³/mol. The average molecular weight is 150 g/mol. The minimum absolute atomic E-state index is 1.11. The van der Waals surface area contributed by atoms with Gasteiger partial charge in [-0.2, -0.15) is 0 Å². The van der Waals surface area contributed by atoms with Crippen molar-refractivity contribution in [3.05, 3.63) is 36.0 Å². The maximum absolute atomic E-state index is 3.79. The van der Waals surface area contributed by atoms with Gasteiger partial charge >= 0.3 is 0 Å². The molecule has 0 aliphatic carbocycles. The zero-order valence-electron chi connectivity index (χ0n) is 7.85. The lowest BCUT2D eigenvalue weighted by Crippen LogP contribution is -1.70. The van der Waals surface area contributed by atoms with Crippen LogP contribution in [-0.4, -0.2) is 0 Å². The third-order valence-corrected chi connectivity index (χ3v) is 1.39. The lowest BCUT2D eigenvalue weighted by Gasteiger charge is -1.91. The molecule has 0 heteroatoms. The third kappa shape index (κ3) is 7.11. The van der Waals surface area contributed by atoms with Gasteiger partial charge in [0.05, 0.1) is 0 Å². The Kier molecular flexibility index (Phi) is 5.54. The van der Waals surface area contributed by atoms with Crippen LogP contribution in [0.1, 0.15) is 33.6 Å². The summed E-state index contributed by atoms with van der Waals surface area (Å²) in [6.07, 6.45) is 8.80. The van der Waals surface area contributed by atoms with Gasteiger partial charge in [0.2, 0.25) is 0 Å². The molecule has 0 amide bonds. The first-order valence-corrected chi connectivity index (χ1v) is 4.17. The molecule has 0 unspecified atom stereocenters. The fraction of sp³-hybridized carbons (Fsp3) is 0.455. The van der Waals surface area contributed by atoms with Crippen LogP contribution in [0.4, 0.5) is 0 Å². The topological polar surface area (TPSA) is 0 Å². The molecule has 0 rings (SSSR count). The summed E-state index contributed by atoms with van der Waals surface area (Å²) in [5, 5.41) is 0. The predicted octanol–water partition coefficient (Wildman–Crippen LogP) is 3.87. The second-order valence-corrected chi connectivity index (χ2v) is 2.92. The summed E-state index contributed by atoms with van der Waals surface area (Å²) in [5.74, 6) is 0. The average Bonchev–Trinajstić information content (AvgIpc) is 1.97. The molecule has 0 saturated heterocycles. The van der Waals surface area contributed by atoms with E-state index in [1.165, 1.54) is 18.4 Å². The van der Waals surface area contributed by atoms with Crippen molar-refractivity contribution >= 4 is 0 Å². The van der Waals surface area contributed by atoms with Crippen LogP contribution in [0.3, 0.4) is 0 Å². The molecule has 0 fully saturated rings. The Balaban J connectivity index is 3.84. The lowest BCUT2D eigenvalue weighted by molar-refractivity contribution is 0.952. The van der Waals surface area contributed by atoms with Crippen LogP contribution in [0.5, 0.6) is 0 Å². The second kappa shape index (κ2) is 5.96. The van der Waals surface area contributed by atoms with Gasteiger partial charge in [-0.05, 0) is 20.3 Å². The van der Waals surface area contributed by atoms with E-state index in [0.717, 1.165) is 5.57 Å². The standard InChI is InChI=1S/C11H18/c1-5-6-7-11(4)9-8-10(2)3/h7-9H,2,5-6H2,1,3-4H3/b9-8-,11-7-. The van der Waals surface area contributed by atoms with Gasteiger partial charge in [-0.1, -0.05) is 49.3 Å². The molecule has 0 aromatic heterocycles. The Labute approximate surface area is 70.3 Å². The van der Waals surface area contributed by atoms with E-state index in [4.69, 9.17) is 0 Å². The number of allylic oxidation sites excluding steroid dienone is 5. The molecule has 0 aromatic carbocycles. The van der Waals surface area contributed by atoms with Gasteiger partial charge in [0.25, 0.3) is 0 Å². The molecule has 0 saturated carbocycles. The highest BCUT2D eigenvalue weighted by molar-refractivity contribution is 5.23. The van der Waals surface area contributed by atoms with E-state index in [0.29, 0.717) is 0 Å². The quantitative estimate of drug-likeness (QED) is 0.534. The van der Waals surface area contributed by atoms with Crippen LogP contribution >= 0.6 is 0 Å². The van der Waals surface area contributed by atoms with Gasteiger partial charge in [-0.25, -0.2) is 0 Å². The van der Waals surface area contributed by atoms with Crippen molar-refractivity contribution in [2.24, 2.45) is 0 Å². The SMILES string of the molecule is C=C(C)/C=C\C(C)=C/CCC. The summed E-state index contributed by atoms with van der Waals surface area (Å²) < 4.78 is 0. The van der Waals surface area contributed by atoms with Crippen molar-refractivity contribution < 1.29 is 0 Å². The van der Waals surface area contributed by atoms with Crippen LogP contribution in [0.25, 0.3) is 0 Å². The third-order valence-electron chi connectivity index (χ3n) is 1.39. The van der Waals surface area contributed by atoms with E-state index < -0.39 is 0 Å². The van der Waals surface area contributed by atoms with Gasteiger partial charge < -0.3 is 0 Å².